The molecular weight excluding hydrogens is 451 g/mol. The molecule has 0 amide bonds. The van der Waals surface area contributed by atoms with Gasteiger partial charge in [-0.15, -0.1) is 5.10 Å². The van der Waals surface area contributed by atoms with Crippen LogP contribution in [0.4, 0.5) is 25.1 Å². The smallest absolute Gasteiger partial charge is 0.402 e. The zero-order chi connectivity index (χ0) is 23.3. The van der Waals surface area contributed by atoms with E-state index in [9.17, 15) is 13.2 Å². The number of alkyl halides is 3. The predicted molar refractivity (Wildman–Crippen MR) is 112 cm³/mol. The first-order valence-corrected chi connectivity index (χ1v) is 10.6. The molecule has 2 fully saturated rings. The average Bonchev–Trinajstić information content (AvgIpc) is 3.37. The number of fused-ring (bicyclic) bond motifs is 1. The number of hydrogen-bond donors (Lipinski definition) is 2. The molecule has 1 aromatic carbocycles. The Balaban J connectivity index is 1.12. The third-order valence-corrected chi connectivity index (χ3v) is 6.29. The molecule has 1 saturated heterocycles. The van der Waals surface area contributed by atoms with E-state index in [0.717, 1.165) is 24.8 Å². The number of aromatic amines is 1. The number of halogens is 3. The number of anilines is 2. The highest BCUT2D eigenvalue weighted by Crippen LogP contribution is 2.58. The zero-order valence-electron chi connectivity index (χ0n) is 17.6. The van der Waals surface area contributed by atoms with Gasteiger partial charge in [-0.1, -0.05) is 23.3 Å². The first-order valence-electron chi connectivity index (χ1n) is 10.6. The van der Waals surface area contributed by atoms with E-state index in [2.05, 4.69) is 40.9 Å². The van der Waals surface area contributed by atoms with Gasteiger partial charge in [0.1, 0.15) is 5.69 Å². The SMILES string of the molecule is FC(F)(F)c1ccccc1CNc1nccc(-c2nnc(N3CC4C(C3)C4c3cn[nH]n3)o2)n1. The fourth-order valence-corrected chi connectivity index (χ4v) is 4.63. The van der Waals surface area contributed by atoms with Crippen LogP contribution in [0.3, 0.4) is 0 Å². The molecule has 13 heteroatoms. The van der Waals surface area contributed by atoms with Gasteiger partial charge in [0.15, 0.2) is 0 Å². The van der Waals surface area contributed by atoms with Crippen LogP contribution in [0.2, 0.25) is 0 Å². The second-order valence-electron chi connectivity index (χ2n) is 8.32. The van der Waals surface area contributed by atoms with Crippen LogP contribution in [0.25, 0.3) is 11.6 Å². The van der Waals surface area contributed by atoms with Crippen LogP contribution in [-0.2, 0) is 12.7 Å². The molecule has 1 aliphatic heterocycles. The van der Waals surface area contributed by atoms with Crippen molar-refractivity contribution < 1.29 is 17.6 Å². The van der Waals surface area contributed by atoms with Gasteiger partial charge in [0.05, 0.1) is 17.5 Å². The van der Waals surface area contributed by atoms with Gasteiger partial charge in [0.2, 0.25) is 5.95 Å². The van der Waals surface area contributed by atoms with Crippen LogP contribution in [0.15, 0.2) is 47.1 Å². The molecule has 4 aromatic rings. The molecule has 3 aromatic heterocycles. The molecule has 6 rings (SSSR count). The molecule has 1 saturated carbocycles. The van der Waals surface area contributed by atoms with Crippen molar-refractivity contribution in [2.75, 3.05) is 23.3 Å². The summed E-state index contributed by atoms with van der Waals surface area (Å²) in [5, 5.41) is 21.8. The molecule has 0 bridgehead atoms. The number of rotatable bonds is 6. The van der Waals surface area contributed by atoms with Gasteiger partial charge < -0.3 is 14.6 Å². The summed E-state index contributed by atoms with van der Waals surface area (Å²) in [5.74, 6) is 1.75. The maximum Gasteiger partial charge on any atom is 0.416 e. The number of nitrogens with zero attached hydrogens (tertiary/aromatic N) is 7. The van der Waals surface area contributed by atoms with Crippen molar-refractivity contribution in [1.29, 1.82) is 0 Å². The number of hydrogen-bond acceptors (Lipinski definition) is 9. The molecule has 2 atom stereocenters. The zero-order valence-corrected chi connectivity index (χ0v) is 17.6. The molecule has 10 nitrogen and oxygen atoms in total. The standard InChI is InChI=1S/C21H18F3N9O/c22-21(23,24)14-4-2-1-3-11(14)7-26-19-25-6-5-15(28-19)18-30-31-20(34-18)33-9-12-13(10-33)17(12)16-8-27-32-29-16/h1-6,8,12-13,17H,7,9-10H2,(H,25,26,28)(H,27,29,32). The van der Waals surface area contributed by atoms with Crippen molar-refractivity contribution in [3.8, 4) is 11.6 Å². The van der Waals surface area contributed by atoms with Gasteiger partial charge >= 0.3 is 12.2 Å². The van der Waals surface area contributed by atoms with Gasteiger partial charge in [-0.05, 0) is 29.5 Å². The third-order valence-electron chi connectivity index (χ3n) is 6.29. The first-order chi connectivity index (χ1) is 16.5. The Kier molecular flexibility index (Phi) is 4.71. The molecule has 2 unspecified atom stereocenters. The molecule has 0 spiro atoms. The Morgan fingerprint density at radius 3 is 2.71 bits per heavy atom. The molecule has 174 valence electrons. The highest BCUT2D eigenvalue weighted by atomic mass is 19.4. The molecule has 4 heterocycles. The highest BCUT2D eigenvalue weighted by Gasteiger charge is 2.58. The number of piperidine rings is 1. The van der Waals surface area contributed by atoms with Crippen LogP contribution in [-0.4, -0.2) is 48.7 Å². The maximum absolute atomic E-state index is 13.2. The Morgan fingerprint density at radius 1 is 1.12 bits per heavy atom. The van der Waals surface area contributed by atoms with Crippen molar-refractivity contribution in [3.05, 3.63) is 59.5 Å². The summed E-state index contributed by atoms with van der Waals surface area (Å²) in [7, 11) is 0. The topological polar surface area (TPSA) is 122 Å². The quantitative estimate of drug-likeness (QED) is 0.439. The molecule has 0 radical (unpaired) electrons. The Labute approximate surface area is 190 Å². The Bertz CT molecular complexity index is 1290. The molecule has 2 aliphatic rings. The molecule has 2 N–H and O–H groups in total. The van der Waals surface area contributed by atoms with E-state index < -0.39 is 11.7 Å². The van der Waals surface area contributed by atoms with Crippen molar-refractivity contribution in [2.24, 2.45) is 11.8 Å². The lowest BCUT2D eigenvalue weighted by molar-refractivity contribution is -0.138. The number of H-pyrrole nitrogens is 1. The normalized spacial score (nSPS) is 21.5. The lowest BCUT2D eigenvalue weighted by Crippen LogP contribution is -2.23. The summed E-state index contributed by atoms with van der Waals surface area (Å²) in [6, 6.07) is 7.39. The minimum Gasteiger partial charge on any atom is -0.402 e. The Morgan fingerprint density at radius 2 is 1.94 bits per heavy atom. The van der Waals surface area contributed by atoms with Crippen LogP contribution in [0.1, 0.15) is 22.7 Å². The van der Waals surface area contributed by atoms with Crippen molar-refractivity contribution in [2.45, 2.75) is 18.6 Å². The summed E-state index contributed by atoms with van der Waals surface area (Å²) in [6.07, 6.45) is -1.19. The monoisotopic (exact) mass is 469 g/mol. The van der Waals surface area contributed by atoms with Crippen molar-refractivity contribution in [3.63, 3.8) is 0 Å². The second-order valence-corrected chi connectivity index (χ2v) is 8.32. The summed E-state index contributed by atoms with van der Waals surface area (Å²) in [5.41, 5.74) is 0.764. The van der Waals surface area contributed by atoms with Crippen molar-refractivity contribution in [1.82, 2.24) is 35.6 Å². The summed E-state index contributed by atoms with van der Waals surface area (Å²) in [6.45, 7) is 1.50. The number of nitrogens with one attached hydrogen (secondary N) is 2. The van der Waals surface area contributed by atoms with Gasteiger partial charge in [-0.2, -0.15) is 28.6 Å². The number of benzene rings is 1. The van der Waals surface area contributed by atoms with Crippen LogP contribution in [0, 0.1) is 11.8 Å². The van der Waals surface area contributed by atoms with Crippen LogP contribution < -0.4 is 10.2 Å². The minimum atomic E-state index is -4.44. The van der Waals surface area contributed by atoms with E-state index in [4.69, 9.17) is 4.42 Å². The van der Waals surface area contributed by atoms with Gasteiger partial charge in [0, 0.05) is 31.7 Å². The van der Waals surface area contributed by atoms with Gasteiger partial charge in [-0.3, -0.25) is 0 Å². The van der Waals surface area contributed by atoms with Gasteiger partial charge in [0.25, 0.3) is 5.89 Å². The second kappa shape index (κ2) is 7.78. The van der Waals surface area contributed by atoms with Gasteiger partial charge in [-0.25, -0.2) is 9.97 Å². The minimum absolute atomic E-state index is 0.0859. The van der Waals surface area contributed by atoms with E-state index in [-0.39, 0.29) is 23.9 Å². The van der Waals surface area contributed by atoms with Crippen molar-refractivity contribution >= 4 is 12.0 Å². The largest absolute Gasteiger partial charge is 0.416 e. The summed E-state index contributed by atoms with van der Waals surface area (Å²) < 4.78 is 45.5. The van der Waals surface area contributed by atoms with E-state index in [0.29, 0.717) is 29.5 Å². The van der Waals surface area contributed by atoms with E-state index in [1.165, 1.54) is 18.3 Å². The maximum atomic E-state index is 13.2. The Hall–Kier alpha value is -4.03. The predicted octanol–water partition coefficient (Wildman–Crippen LogP) is 3.13. The van der Waals surface area contributed by atoms with E-state index >= 15 is 0 Å². The third kappa shape index (κ3) is 3.72. The van der Waals surface area contributed by atoms with Crippen LogP contribution in [0.5, 0.6) is 0 Å². The summed E-state index contributed by atoms with van der Waals surface area (Å²) >= 11 is 0. The van der Waals surface area contributed by atoms with E-state index in [1.807, 2.05) is 4.90 Å². The molecule has 1 aliphatic carbocycles. The lowest BCUT2D eigenvalue weighted by atomic mass is 10.1. The molecular formula is C21H18F3N9O. The number of aromatic nitrogens is 7. The highest BCUT2D eigenvalue weighted by molar-refractivity contribution is 5.50. The average molecular weight is 469 g/mol. The summed E-state index contributed by atoms with van der Waals surface area (Å²) in [4.78, 5) is 10.4. The van der Waals surface area contributed by atoms with Crippen LogP contribution >= 0.6 is 0 Å². The fourth-order valence-electron chi connectivity index (χ4n) is 4.63. The fraction of sp³-hybridized carbons (Fsp3) is 0.333. The first kappa shape index (κ1) is 20.6. The molecule has 34 heavy (non-hydrogen) atoms. The van der Waals surface area contributed by atoms with E-state index in [1.54, 1.807) is 18.3 Å². The lowest BCUT2D eigenvalue weighted by Gasteiger charge is -2.15.